The third-order valence-electron chi connectivity index (χ3n) is 16.5. The van der Waals surface area contributed by atoms with E-state index in [1.54, 1.807) is 0 Å². The quantitative estimate of drug-likeness (QED) is 0.0261. The van der Waals surface area contributed by atoms with E-state index in [4.69, 9.17) is 14.2 Å². The average molecular weight is 1160 g/mol. The van der Waals surface area contributed by atoms with Crippen LogP contribution >= 0.6 is 0 Å². The smallest absolute Gasteiger partial charge is 0.306 e. The number of ether oxygens (including phenoxy) is 3. The maximum atomic E-state index is 12.9. The first-order chi connectivity index (χ1) is 41.0. The van der Waals surface area contributed by atoms with Gasteiger partial charge in [0.05, 0.1) is 0 Å². The van der Waals surface area contributed by atoms with Gasteiger partial charge in [0.1, 0.15) is 13.2 Å². The molecule has 6 nitrogen and oxygen atoms in total. The van der Waals surface area contributed by atoms with Crippen LogP contribution in [0, 0.1) is 0 Å². The lowest BCUT2D eigenvalue weighted by Crippen LogP contribution is -2.30. The Morgan fingerprint density at radius 2 is 0.434 bits per heavy atom. The number of allylic oxidation sites excluding steroid dienone is 10. The van der Waals surface area contributed by atoms with Gasteiger partial charge in [-0.1, -0.05) is 326 Å². The number of hydrogen-bond donors (Lipinski definition) is 0. The van der Waals surface area contributed by atoms with E-state index in [0.29, 0.717) is 19.3 Å². The molecule has 0 fully saturated rings. The zero-order chi connectivity index (χ0) is 59.9. The lowest BCUT2D eigenvalue weighted by atomic mass is 10.0. The van der Waals surface area contributed by atoms with Gasteiger partial charge in [0.15, 0.2) is 6.10 Å². The molecule has 0 rings (SSSR count). The van der Waals surface area contributed by atoms with Crippen molar-refractivity contribution < 1.29 is 28.6 Å². The minimum atomic E-state index is -0.778. The second kappa shape index (κ2) is 71.6. The van der Waals surface area contributed by atoms with Crippen LogP contribution in [0.15, 0.2) is 60.8 Å². The van der Waals surface area contributed by atoms with Crippen LogP contribution in [0.4, 0.5) is 0 Å². The van der Waals surface area contributed by atoms with Crippen molar-refractivity contribution in [2.24, 2.45) is 0 Å². The molecule has 1 unspecified atom stereocenters. The maximum absolute atomic E-state index is 12.9. The van der Waals surface area contributed by atoms with E-state index >= 15 is 0 Å². The van der Waals surface area contributed by atoms with Gasteiger partial charge in [0.25, 0.3) is 0 Å². The zero-order valence-electron chi connectivity index (χ0n) is 55.7. The van der Waals surface area contributed by atoms with Crippen LogP contribution in [0.2, 0.25) is 0 Å². The second-order valence-corrected chi connectivity index (χ2v) is 24.8. The standard InChI is InChI=1S/C77H140O6/c1-4-7-10-13-16-19-22-25-27-29-31-32-33-34-35-36-37-38-39-40-41-42-43-44-46-47-49-52-55-58-61-64-67-70-76(79)82-73-74(72-81-75(78)69-66-63-60-57-54-51-24-21-18-15-12-9-6-3)83-77(80)71-68-65-62-59-56-53-50-48-45-30-28-26-23-20-17-14-11-8-5-2/h21-22,24-26,28-29,31,33-34,74H,4-20,23,27,30,32,35-73H2,1-3H3/b24-21-,25-22-,28-26-,31-29-,34-33-. The highest BCUT2D eigenvalue weighted by molar-refractivity contribution is 5.71. The van der Waals surface area contributed by atoms with Crippen LogP contribution < -0.4 is 0 Å². The fourth-order valence-corrected chi connectivity index (χ4v) is 10.9. The first-order valence-corrected chi connectivity index (χ1v) is 36.8. The van der Waals surface area contributed by atoms with E-state index in [2.05, 4.69) is 81.5 Å². The number of rotatable bonds is 68. The fraction of sp³-hybridized carbons (Fsp3) is 0.831. The summed E-state index contributed by atoms with van der Waals surface area (Å²) in [5.41, 5.74) is 0. The van der Waals surface area contributed by atoms with Gasteiger partial charge >= 0.3 is 17.9 Å². The summed E-state index contributed by atoms with van der Waals surface area (Å²) in [5, 5.41) is 0. The van der Waals surface area contributed by atoms with Gasteiger partial charge in [-0.25, -0.2) is 0 Å². The summed E-state index contributed by atoms with van der Waals surface area (Å²) in [7, 11) is 0. The SMILES string of the molecule is CCCCCC/C=C\CCCCCCCC(=O)OCC(COC(=O)CCCCCCCCCCCCCCCCCCCC/C=C\C/C=C\C/C=C\CCCCCCC)OC(=O)CCCCCCCCCCC/C=C\CCCCCCCC. The first kappa shape index (κ1) is 80.1. The van der Waals surface area contributed by atoms with Gasteiger partial charge in [-0.15, -0.1) is 0 Å². The number of hydrogen-bond acceptors (Lipinski definition) is 6. The molecule has 0 aromatic rings. The molecule has 0 heterocycles. The predicted molar refractivity (Wildman–Crippen MR) is 362 cm³/mol. The molecule has 0 aliphatic heterocycles. The van der Waals surface area contributed by atoms with E-state index in [-0.39, 0.29) is 31.1 Å². The minimum Gasteiger partial charge on any atom is -0.462 e. The number of carbonyl (C=O) groups excluding carboxylic acids is 3. The lowest BCUT2D eigenvalue weighted by molar-refractivity contribution is -0.167. The average Bonchev–Trinajstić information content (AvgIpc) is 3.49. The molecular weight excluding hydrogens is 1020 g/mol. The molecule has 83 heavy (non-hydrogen) atoms. The molecule has 0 aromatic carbocycles. The van der Waals surface area contributed by atoms with Crippen molar-refractivity contribution in [3.63, 3.8) is 0 Å². The monoisotopic (exact) mass is 1160 g/mol. The summed E-state index contributed by atoms with van der Waals surface area (Å²) in [5.74, 6) is -0.860. The summed E-state index contributed by atoms with van der Waals surface area (Å²) in [4.78, 5) is 38.4. The molecule has 0 aliphatic carbocycles. The van der Waals surface area contributed by atoms with Crippen LogP contribution in [0.3, 0.4) is 0 Å². The van der Waals surface area contributed by atoms with E-state index in [9.17, 15) is 14.4 Å². The van der Waals surface area contributed by atoms with Crippen LogP contribution in [0.1, 0.15) is 393 Å². The first-order valence-electron chi connectivity index (χ1n) is 36.8. The summed E-state index contributed by atoms with van der Waals surface area (Å²) < 4.78 is 17.0. The molecule has 0 amide bonds. The molecule has 0 saturated heterocycles. The summed E-state index contributed by atoms with van der Waals surface area (Å²) in [6, 6.07) is 0. The number of esters is 3. The largest absolute Gasteiger partial charge is 0.462 e. The van der Waals surface area contributed by atoms with Crippen molar-refractivity contribution in [3.8, 4) is 0 Å². The Bertz CT molecular complexity index is 1470. The van der Waals surface area contributed by atoms with E-state index in [1.807, 2.05) is 0 Å². The summed E-state index contributed by atoms with van der Waals surface area (Å²) in [6.45, 7) is 6.66. The third-order valence-corrected chi connectivity index (χ3v) is 16.5. The van der Waals surface area contributed by atoms with Gasteiger partial charge in [0, 0.05) is 19.3 Å². The van der Waals surface area contributed by atoms with Crippen LogP contribution in [-0.2, 0) is 28.6 Å². The normalized spacial score (nSPS) is 12.4. The molecule has 0 aromatic heterocycles. The molecule has 0 radical (unpaired) electrons. The fourth-order valence-electron chi connectivity index (χ4n) is 10.9. The topological polar surface area (TPSA) is 78.9 Å². The Kier molecular flexibility index (Phi) is 69.1. The lowest BCUT2D eigenvalue weighted by Gasteiger charge is -2.18. The van der Waals surface area contributed by atoms with Crippen molar-refractivity contribution in [3.05, 3.63) is 60.8 Å². The highest BCUT2D eigenvalue weighted by Crippen LogP contribution is 2.18. The van der Waals surface area contributed by atoms with E-state index < -0.39 is 6.10 Å². The Morgan fingerprint density at radius 1 is 0.241 bits per heavy atom. The summed E-state index contributed by atoms with van der Waals surface area (Å²) in [6.07, 6.45) is 92.6. The highest BCUT2D eigenvalue weighted by Gasteiger charge is 2.19. The van der Waals surface area contributed by atoms with Crippen molar-refractivity contribution in [2.75, 3.05) is 13.2 Å². The van der Waals surface area contributed by atoms with Gasteiger partial charge in [-0.05, 0) is 109 Å². The molecule has 0 spiro atoms. The van der Waals surface area contributed by atoms with Crippen LogP contribution in [0.5, 0.6) is 0 Å². The summed E-state index contributed by atoms with van der Waals surface area (Å²) >= 11 is 0. The second-order valence-electron chi connectivity index (χ2n) is 24.8. The third kappa shape index (κ3) is 69.8. The Labute approximate surface area is 517 Å². The van der Waals surface area contributed by atoms with Crippen molar-refractivity contribution in [1.82, 2.24) is 0 Å². The molecule has 6 heteroatoms. The Balaban J connectivity index is 4.16. The van der Waals surface area contributed by atoms with Crippen molar-refractivity contribution >= 4 is 17.9 Å². The van der Waals surface area contributed by atoms with Gasteiger partial charge in [0.2, 0.25) is 0 Å². The molecule has 1 atom stereocenters. The molecule has 0 aliphatic rings. The van der Waals surface area contributed by atoms with Crippen LogP contribution in [-0.4, -0.2) is 37.2 Å². The maximum Gasteiger partial charge on any atom is 0.306 e. The molecule has 0 saturated carbocycles. The number of unbranched alkanes of at least 4 members (excludes halogenated alkanes) is 47. The zero-order valence-corrected chi connectivity index (χ0v) is 55.7. The highest BCUT2D eigenvalue weighted by atomic mass is 16.6. The van der Waals surface area contributed by atoms with Crippen LogP contribution in [0.25, 0.3) is 0 Å². The molecular formula is C77H140O6. The van der Waals surface area contributed by atoms with Crippen molar-refractivity contribution in [2.45, 2.75) is 399 Å². The Hall–Kier alpha value is -2.89. The van der Waals surface area contributed by atoms with Gasteiger partial charge in [-0.2, -0.15) is 0 Å². The molecule has 0 N–H and O–H groups in total. The molecule has 0 bridgehead atoms. The van der Waals surface area contributed by atoms with E-state index in [0.717, 1.165) is 77.0 Å². The minimum absolute atomic E-state index is 0.0733. The van der Waals surface area contributed by atoms with E-state index in [1.165, 1.54) is 276 Å². The Morgan fingerprint density at radius 3 is 0.699 bits per heavy atom. The molecule has 484 valence electrons. The number of carbonyl (C=O) groups is 3. The van der Waals surface area contributed by atoms with Gasteiger partial charge < -0.3 is 14.2 Å². The van der Waals surface area contributed by atoms with Gasteiger partial charge in [-0.3, -0.25) is 14.4 Å². The predicted octanol–water partition coefficient (Wildman–Crippen LogP) is 25.5. The van der Waals surface area contributed by atoms with Crippen molar-refractivity contribution in [1.29, 1.82) is 0 Å².